The van der Waals surface area contributed by atoms with Gasteiger partial charge >= 0.3 is 0 Å². The highest BCUT2D eigenvalue weighted by Gasteiger charge is 2.01. The van der Waals surface area contributed by atoms with E-state index in [9.17, 15) is 0 Å². The summed E-state index contributed by atoms with van der Waals surface area (Å²) < 4.78 is 7.66. The molecule has 0 amide bonds. The Morgan fingerprint density at radius 2 is 2.12 bits per heavy atom. The molecule has 16 heavy (non-hydrogen) atoms. The molecule has 0 saturated heterocycles. The predicted octanol–water partition coefficient (Wildman–Crippen LogP) is 3.38. The van der Waals surface area contributed by atoms with Crippen LogP contribution < -0.4 is 0 Å². The maximum atomic E-state index is 5.35. The third-order valence-electron chi connectivity index (χ3n) is 2.92. The number of aromatic nitrogens is 1. The van der Waals surface area contributed by atoms with Gasteiger partial charge in [0.25, 0.3) is 0 Å². The van der Waals surface area contributed by atoms with Crippen LogP contribution in [0.1, 0.15) is 18.9 Å². The summed E-state index contributed by atoms with van der Waals surface area (Å²) in [6.07, 6.45) is 3.25. The van der Waals surface area contributed by atoms with Crippen LogP contribution in [0, 0.1) is 6.92 Å². The Balaban J connectivity index is 2.10. The Labute approximate surface area is 96.8 Å². The number of ether oxygens (including phenoxy) is 1. The zero-order chi connectivity index (χ0) is 11.4. The van der Waals surface area contributed by atoms with Crippen LogP contribution >= 0.6 is 0 Å². The summed E-state index contributed by atoms with van der Waals surface area (Å²) in [5.41, 5.74) is 2.68. The average Bonchev–Trinajstić information content (AvgIpc) is 2.70. The van der Waals surface area contributed by atoms with Gasteiger partial charge in [0, 0.05) is 36.9 Å². The molecule has 0 spiro atoms. The van der Waals surface area contributed by atoms with Crippen molar-refractivity contribution in [3.8, 4) is 0 Å². The first-order valence-electron chi connectivity index (χ1n) is 5.95. The second-order valence-corrected chi connectivity index (χ2v) is 4.07. The Bertz CT molecular complexity index is 459. The largest absolute Gasteiger partial charge is 0.382 e. The van der Waals surface area contributed by atoms with Crippen LogP contribution in [-0.4, -0.2) is 17.8 Å². The molecule has 2 rings (SSSR count). The van der Waals surface area contributed by atoms with Gasteiger partial charge < -0.3 is 9.30 Å². The minimum atomic E-state index is 0.811. The summed E-state index contributed by atoms with van der Waals surface area (Å²) in [4.78, 5) is 0. The quantitative estimate of drug-likeness (QED) is 0.700. The Hall–Kier alpha value is -1.28. The number of nitrogens with zero attached hydrogens (tertiary/aromatic N) is 1. The number of benzene rings is 1. The minimum Gasteiger partial charge on any atom is -0.382 e. The van der Waals surface area contributed by atoms with Crippen molar-refractivity contribution >= 4 is 10.9 Å². The average molecular weight is 217 g/mol. The lowest BCUT2D eigenvalue weighted by Gasteiger charge is -2.06. The third-order valence-corrected chi connectivity index (χ3v) is 2.92. The van der Waals surface area contributed by atoms with Crippen molar-refractivity contribution in [3.63, 3.8) is 0 Å². The van der Waals surface area contributed by atoms with E-state index < -0.39 is 0 Å². The van der Waals surface area contributed by atoms with E-state index in [2.05, 4.69) is 42.0 Å². The topological polar surface area (TPSA) is 14.2 Å². The number of aryl methyl sites for hydroxylation is 2. The molecule has 1 aromatic heterocycles. The zero-order valence-corrected chi connectivity index (χ0v) is 10.1. The molecule has 0 aliphatic rings. The second-order valence-electron chi connectivity index (χ2n) is 4.07. The predicted molar refractivity (Wildman–Crippen MR) is 67.8 cm³/mol. The van der Waals surface area contributed by atoms with E-state index >= 15 is 0 Å². The summed E-state index contributed by atoms with van der Waals surface area (Å²) >= 11 is 0. The van der Waals surface area contributed by atoms with Gasteiger partial charge in [-0.1, -0.05) is 12.1 Å². The molecule has 2 nitrogen and oxygen atoms in total. The maximum absolute atomic E-state index is 5.35. The normalized spacial score (nSPS) is 11.1. The number of fused-ring (bicyclic) bond motifs is 1. The van der Waals surface area contributed by atoms with E-state index in [1.54, 1.807) is 0 Å². The van der Waals surface area contributed by atoms with Crippen LogP contribution in [0.2, 0.25) is 0 Å². The third kappa shape index (κ3) is 2.27. The molecule has 1 aromatic carbocycles. The first-order valence-corrected chi connectivity index (χ1v) is 5.95. The van der Waals surface area contributed by atoms with Crippen molar-refractivity contribution in [3.05, 3.63) is 36.0 Å². The second kappa shape index (κ2) is 5.17. The molecule has 0 aliphatic heterocycles. The maximum Gasteiger partial charge on any atom is 0.0482 e. The number of rotatable bonds is 5. The van der Waals surface area contributed by atoms with Gasteiger partial charge in [0.1, 0.15) is 0 Å². The van der Waals surface area contributed by atoms with Crippen molar-refractivity contribution in [2.45, 2.75) is 26.8 Å². The van der Waals surface area contributed by atoms with Crippen LogP contribution in [0.5, 0.6) is 0 Å². The fourth-order valence-corrected chi connectivity index (χ4v) is 2.05. The Kier molecular flexibility index (Phi) is 3.62. The van der Waals surface area contributed by atoms with E-state index in [1.165, 1.54) is 16.5 Å². The van der Waals surface area contributed by atoms with Gasteiger partial charge in [0.2, 0.25) is 0 Å². The summed E-state index contributed by atoms with van der Waals surface area (Å²) in [5, 5.41) is 1.36. The minimum absolute atomic E-state index is 0.811. The van der Waals surface area contributed by atoms with Gasteiger partial charge in [-0.05, 0) is 38.0 Å². The number of hydrogen-bond acceptors (Lipinski definition) is 1. The highest BCUT2D eigenvalue weighted by molar-refractivity contribution is 5.83. The lowest BCUT2D eigenvalue weighted by atomic mass is 10.1. The van der Waals surface area contributed by atoms with Crippen molar-refractivity contribution in [1.82, 2.24) is 4.57 Å². The fraction of sp³-hybridized carbons (Fsp3) is 0.429. The standard InChI is InChI=1S/C14H19NO/c1-3-16-11-5-9-15-10-8-13-12(2)6-4-7-14(13)15/h4,6-8,10H,3,5,9,11H2,1-2H3. The monoisotopic (exact) mass is 217 g/mol. The molecule has 2 aromatic rings. The van der Waals surface area contributed by atoms with Gasteiger partial charge in [0.05, 0.1) is 0 Å². The van der Waals surface area contributed by atoms with Crippen molar-refractivity contribution in [1.29, 1.82) is 0 Å². The lowest BCUT2D eigenvalue weighted by Crippen LogP contribution is -2.01. The number of hydrogen-bond donors (Lipinski definition) is 0. The van der Waals surface area contributed by atoms with E-state index in [1.807, 2.05) is 6.92 Å². The molecule has 0 bridgehead atoms. The molecule has 0 N–H and O–H groups in total. The molecule has 2 heteroatoms. The van der Waals surface area contributed by atoms with E-state index in [-0.39, 0.29) is 0 Å². The highest BCUT2D eigenvalue weighted by Crippen LogP contribution is 2.19. The Morgan fingerprint density at radius 1 is 1.25 bits per heavy atom. The molecule has 0 aliphatic carbocycles. The summed E-state index contributed by atoms with van der Waals surface area (Å²) in [6.45, 7) is 6.89. The molecular weight excluding hydrogens is 198 g/mol. The zero-order valence-electron chi connectivity index (χ0n) is 10.1. The van der Waals surface area contributed by atoms with Crippen LogP contribution in [0.15, 0.2) is 30.5 Å². The molecule has 0 fully saturated rings. The summed E-state index contributed by atoms with van der Waals surface area (Å²) in [7, 11) is 0. The van der Waals surface area contributed by atoms with Crippen molar-refractivity contribution in [2.75, 3.05) is 13.2 Å². The van der Waals surface area contributed by atoms with Crippen molar-refractivity contribution < 1.29 is 4.74 Å². The molecule has 0 radical (unpaired) electrons. The van der Waals surface area contributed by atoms with Crippen molar-refractivity contribution in [2.24, 2.45) is 0 Å². The van der Waals surface area contributed by atoms with Gasteiger partial charge in [-0.3, -0.25) is 0 Å². The van der Waals surface area contributed by atoms with Crippen LogP contribution in [0.4, 0.5) is 0 Å². The first kappa shape index (κ1) is 11.2. The van der Waals surface area contributed by atoms with Gasteiger partial charge in [-0.2, -0.15) is 0 Å². The lowest BCUT2D eigenvalue weighted by molar-refractivity contribution is 0.142. The Morgan fingerprint density at radius 3 is 2.94 bits per heavy atom. The first-order chi connectivity index (χ1) is 7.83. The van der Waals surface area contributed by atoms with Gasteiger partial charge in [-0.25, -0.2) is 0 Å². The van der Waals surface area contributed by atoms with Crippen LogP contribution in [0.3, 0.4) is 0 Å². The summed E-state index contributed by atoms with van der Waals surface area (Å²) in [5.74, 6) is 0. The van der Waals surface area contributed by atoms with Crippen LogP contribution in [0.25, 0.3) is 10.9 Å². The molecule has 0 saturated carbocycles. The SMILES string of the molecule is CCOCCCn1ccc2c(C)cccc21. The van der Waals surface area contributed by atoms with Gasteiger partial charge in [0.15, 0.2) is 0 Å². The molecule has 0 unspecified atom stereocenters. The molecular formula is C14H19NO. The fourth-order valence-electron chi connectivity index (χ4n) is 2.05. The molecule has 1 heterocycles. The smallest absolute Gasteiger partial charge is 0.0482 e. The van der Waals surface area contributed by atoms with Crippen LogP contribution in [-0.2, 0) is 11.3 Å². The highest BCUT2D eigenvalue weighted by atomic mass is 16.5. The van der Waals surface area contributed by atoms with E-state index in [0.717, 1.165) is 26.2 Å². The summed E-state index contributed by atoms with van der Waals surface area (Å²) in [6, 6.07) is 8.66. The van der Waals surface area contributed by atoms with E-state index in [4.69, 9.17) is 4.74 Å². The van der Waals surface area contributed by atoms with Gasteiger partial charge in [-0.15, -0.1) is 0 Å². The van der Waals surface area contributed by atoms with E-state index in [0.29, 0.717) is 0 Å². The molecule has 86 valence electrons. The molecule has 0 atom stereocenters.